The zero-order chi connectivity index (χ0) is 27.0. The number of methoxy groups -OCH3 is 1. The molecule has 0 bridgehead atoms. The van der Waals surface area contributed by atoms with E-state index in [2.05, 4.69) is 5.32 Å². The average molecular weight is 535 g/mol. The molecule has 0 amide bonds. The summed E-state index contributed by atoms with van der Waals surface area (Å²) in [5, 5.41) is 13.1. The van der Waals surface area contributed by atoms with Crippen molar-refractivity contribution >= 4 is 35.1 Å². The first-order valence-corrected chi connectivity index (χ1v) is 12.2. The van der Waals surface area contributed by atoms with Crippen molar-refractivity contribution in [2.24, 2.45) is 5.73 Å². The molecule has 0 aliphatic carbocycles. The van der Waals surface area contributed by atoms with E-state index in [0.29, 0.717) is 33.1 Å². The summed E-state index contributed by atoms with van der Waals surface area (Å²) in [6.07, 6.45) is -0.545. The van der Waals surface area contributed by atoms with Gasteiger partial charge < -0.3 is 25.6 Å². The Morgan fingerprint density at radius 3 is 2.14 bits per heavy atom. The summed E-state index contributed by atoms with van der Waals surface area (Å²) in [5.41, 5.74) is 8.70. The summed E-state index contributed by atoms with van der Waals surface area (Å²) in [6.45, 7) is 7.20. The van der Waals surface area contributed by atoms with Crippen LogP contribution in [0.4, 0.5) is 0 Å². The lowest BCUT2D eigenvalue weighted by molar-refractivity contribution is -0.139. The van der Waals surface area contributed by atoms with Gasteiger partial charge in [-0.25, -0.2) is 9.59 Å². The minimum Gasteiger partial charge on any atom is -0.466 e. The third kappa shape index (κ3) is 6.89. The molecule has 3 rings (SSSR count). The molecule has 1 aliphatic rings. The maximum Gasteiger partial charge on any atom is 0.336 e. The SMILES string of the molecule is CCOC(=O)C1=C(C)NC(C)=C(C(=O)OC)C1c1cccc(Cl)c1Cl.C[C@@H](N)[C@@H](O)c1ccccc1. The van der Waals surface area contributed by atoms with Gasteiger partial charge in [0, 0.05) is 17.4 Å². The number of nitrogens with two attached hydrogens (primary N) is 1. The highest BCUT2D eigenvalue weighted by atomic mass is 35.5. The number of rotatable bonds is 6. The number of nitrogens with one attached hydrogen (secondary N) is 1. The number of carbonyl (C=O) groups excluding carboxylic acids is 2. The Hall–Kier alpha value is -2.84. The molecule has 0 spiro atoms. The van der Waals surface area contributed by atoms with Gasteiger partial charge in [-0.15, -0.1) is 0 Å². The fraction of sp³-hybridized carbons (Fsp3) is 0.333. The number of hydrogen-bond acceptors (Lipinski definition) is 7. The molecule has 2 aromatic rings. The number of hydrogen-bond donors (Lipinski definition) is 3. The maximum atomic E-state index is 12.6. The van der Waals surface area contributed by atoms with E-state index in [1.54, 1.807) is 45.9 Å². The van der Waals surface area contributed by atoms with Crippen LogP contribution in [-0.4, -0.2) is 36.8 Å². The van der Waals surface area contributed by atoms with Gasteiger partial charge in [0.1, 0.15) is 0 Å². The second kappa shape index (κ2) is 13.5. The first kappa shape index (κ1) is 29.4. The van der Waals surface area contributed by atoms with Gasteiger partial charge in [-0.2, -0.15) is 0 Å². The largest absolute Gasteiger partial charge is 0.466 e. The van der Waals surface area contributed by atoms with Crippen LogP contribution >= 0.6 is 23.2 Å². The fourth-order valence-electron chi connectivity index (χ4n) is 3.86. The van der Waals surface area contributed by atoms with E-state index in [1.807, 2.05) is 30.3 Å². The molecule has 4 N–H and O–H groups in total. The van der Waals surface area contributed by atoms with Gasteiger partial charge in [0.15, 0.2) is 0 Å². The summed E-state index contributed by atoms with van der Waals surface area (Å²) >= 11 is 12.5. The molecule has 0 fully saturated rings. The number of aliphatic hydroxyl groups is 1. The van der Waals surface area contributed by atoms with E-state index in [4.69, 9.17) is 38.4 Å². The average Bonchev–Trinajstić information content (AvgIpc) is 2.85. The molecule has 0 saturated heterocycles. The third-order valence-corrected chi connectivity index (χ3v) is 6.43. The molecule has 1 heterocycles. The zero-order valence-electron chi connectivity index (χ0n) is 21.0. The molecule has 0 saturated carbocycles. The van der Waals surface area contributed by atoms with E-state index < -0.39 is 24.0 Å². The summed E-state index contributed by atoms with van der Waals surface area (Å²) in [6, 6.07) is 14.3. The Labute approximate surface area is 221 Å². The fourth-order valence-corrected chi connectivity index (χ4v) is 4.28. The number of esters is 2. The minimum atomic E-state index is -0.737. The van der Waals surface area contributed by atoms with Crippen molar-refractivity contribution in [3.05, 3.63) is 92.2 Å². The summed E-state index contributed by atoms with van der Waals surface area (Å²) < 4.78 is 10.1. The van der Waals surface area contributed by atoms with Crippen molar-refractivity contribution in [1.29, 1.82) is 0 Å². The van der Waals surface area contributed by atoms with Crippen LogP contribution in [0.5, 0.6) is 0 Å². The van der Waals surface area contributed by atoms with Crippen molar-refractivity contribution in [3.8, 4) is 0 Å². The zero-order valence-corrected chi connectivity index (χ0v) is 22.5. The van der Waals surface area contributed by atoms with E-state index >= 15 is 0 Å². The molecule has 0 aromatic heterocycles. The normalized spacial score (nSPS) is 16.9. The van der Waals surface area contributed by atoms with E-state index in [0.717, 1.165) is 5.56 Å². The lowest BCUT2D eigenvalue weighted by Gasteiger charge is -2.30. The highest BCUT2D eigenvalue weighted by Crippen LogP contribution is 2.43. The summed E-state index contributed by atoms with van der Waals surface area (Å²) in [7, 11) is 1.29. The van der Waals surface area contributed by atoms with Crippen molar-refractivity contribution in [2.75, 3.05) is 13.7 Å². The van der Waals surface area contributed by atoms with Gasteiger partial charge in [0.2, 0.25) is 0 Å². The van der Waals surface area contributed by atoms with Crippen LogP contribution in [0.2, 0.25) is 10.0 Å². The number of carbonyl (C=O) groups is 2. The third-order valence-electron chi connectivity index (χ3n) is 5.59. The van der Waals surface area contributed by atoms with Crippen LogP contribution < -0.4 is 11.1 Å². The van der Waals surface area contributed by atoms with Crippen LogP contribution in [0.25, 0.3) is 0 Å². The minimum absolute atomic E-state index is 0.210. The Balaban J connectivity index is 0.000000346. The second-order valence-corrected chi connectivity index (χ2v) is 8.99. The molecule has 9 heteroatoms. The summed E-state index contributed by atoms with van der Waals surface area (Å²) in [5.74, 6) is -1.82. The number of benzene rings is 2. The number of halogens is 2. The van der Waals surface area contributed by atoms with Crippen LogP contribution in [-0.2, 0) is 19.1 Å². The van der Waals surface area contributed by atoms with Gasteiger partial charge in [0.25, 0.3) is 0 Å². The lowest BCUT2D eigenvalue weighted by Crippen LogP contribution is -2.32. The van der Waals surface area contributed by atoms with Crippen LogP contribution in [0.3, 0.4) is 0 Å². The first-order chi connectivity index (χ1) is 17.0. The Morgan fingerprint density at radius 1 is 1.03 bits per heavy atom. The van der Waals surface area contributed by atoms with Gasteiger partial charge >= 0.3 is 11.9 Å². The van der Waals surface area contributed by atoms with E-state index in [9.17, 15) is 14.7 Å². The number of ether oxygens (including phenoxy) is 2. The highest BCUT2D eigenvalue weighted by Gasteiger charge is 2.38. The van der Waals surface area contributed by atoms with Gasteiger partial charge in [0.05, 0.1) is 46.9 Å². The molecule has 194 valence electrons. The second-order valence-electron chi connectivity index (χ2n) is 8.21. The predicted molar refractivity (Wildman–Crippen MR) is 141 cm³/mol. The first-order valence-electron chi connectivity index (χ1n) is 11.4. The molecule has 7 nitrogen and oxygen atoms in total. The van der Waals surface area contributed by atoms with Crippen LogP contribution in [0, 0.1) is 0 Å². The monoisotopic (exact) mass is 534 g/mol. The summed E-state index contributed by atoms with van der Waals surface area (Å²) in [4.78, 5) is 25.0. The standard InChI is InChI=1S/C18H19Cl2NO4.C9H13NO/c1-5-25-18(23)14-10(3)21-9(2)13(17(22)24-4)15(14)11-7-6-8-12(19)16(11)20;1-7(10)9(11)8-5-3-2-4-6-8/h6-8,15,21H,5H2,1-4H3;2-7,9,11H,10H2,1H3/t;7-,9-/m.1/s1. The Kier molecular flexibility index (Phi) is 11.0. The quantitative estimate of drug-likeness (QED) is 0.445. The lowest BCUT2D eigenvalue weighted by atomic mass is 9.80. The Bertz CT molecular complexity index is 1150. The molecule has 1 aliphatic heterocycles. The van der Waals surface area contributed by atoms with Crippen molar-refractivity contribution < 1.29 is 24.2 Å². The molecule has 2 aromatic carbocycles. The molecule has 3 atom stereocenters. The Morgan fingerprint density at radius 2 is 1.61 bits per heavy atom. The topological polar surface area (TPSA) is 111 Å². The van der Waals surface area contributed by atoms with E-state index in [1.165, 1.54) is 7.11 Å². The number of aliphatic hydroxyl groups excluding tert-OH is 1. The number of dihydropyridines is 1. The van der Waals surface area contributed by atoms with Crippen molar-refractivity contribution in [1.82, 2.24) is 5.32 Å². The van der Waals surface area contributed by atoms with Crippen molar-refractivity contribution in [2.45, 2.75) is 45.8 Å². The van der Waals surface area contributed by atoms with Gasteiger partial charge in [-0.3, -0.25) is 0 Å². The maximum absolute atomic E-state index is 12.6. The van der Waals surface area contributed by atoms with Gasteiger partial charge in [-0.1, -0.05) is 65.7 Å². The van der Waals surface area contributed by atoms with Crippen LogP contribution in [0.15, 0.2) is 71.1 Å². The smallest absolute Gasteiger partial charge is 0.336 e. The highest BCUT2D eigenvalue weighted by molar-refractivity contribution is 6.42. The number of allylic oxidation sites excluding steroid dienone is 2. The molecular weight excluding hydrogens is 503 g/mol. The molecule has 0 radical (unpaired) electrons. The van der Waals surface area contributed by atoms with Crippen LogP contribution in [0.1, 0.15) is 50.8 Å². The van der Waals surface area contributed by atoms with Gasteiger partial charge in [-0.05, 0) is 44.9 Å². The van der Waals surface area contributed by atoms with Crippen molar-refractivity contribution in [3.63, 3.8) is 0 Å². The predicted octanol–water partition coefficient (Wildman–Crippen LogP) is 5.03. The van der Waals surface area contributed by atoms with E-state index in [-0.39, 0.29) is 17.7 Å². The molecule has 1 unspecified atom stereocenters. The molecule has 36 heavy (non-hydrogen) atoms. The molecular formula is C27H32Cl2N2O5.